The van der Waals surface area contributed by atoms with Gasteiger partial charge >= 0.3 is 6.18 Å². The minimum Gasteiger partial charge on any atom is -0.372 e. The van der Waals surface area contributed by atoms with E-state index in [1.54, 1.807) is 11.9 Å². The number of hydrogen-bond acceptors (Lipinski definition) is 3. The molecule has 0 aromatic rings. The van der Waals surface area contributed by atoms with Gasteiger partial charge in [0.15, 0.2) is 0 Å². The molecule has 0 saturated carbocycles. The van der Waals surface area contributed by atoms with Crippen molar-refractivity contribution in [1.29, 1.82) is 0 Å². The first kappa shape index (κ1) is 15.6. The summed E-state index contributed by atoms with van der Waals surface area (Å²) < 4.78 is 40.2. The van der Waals surface area contributed by atoms with E-state index in [2.05, 4.69) is 10.1 Å². The van der Waals surface area contributed by atoms with Gasteiger partial charge in [-0.25, -0.2) is 0 Å². The first-order valence-corrected chi connectivity index (χ1v) is 7.01. The van der Waals surface area contributed by atoms with Crippen molar-refractivity contribution in [3.63, 3.8) is 0 Å². The summed E-state index contributed by atoms with van der Waals surface area (Å²) in [6, 6.07) is 1.16. The van der Waals surface area contributed by atoms with Crippen LogP contribution in [0.4, 0.5) is 13.2 Å². The zero-order chi connectivity index (χ0) is 14.8. The Labute approximate surface area is 116 Å². The van der Waals surface area contributed by atoms with Crippen molar-refractivity contribution < 1.29 is 22.7 Å². The van der Waals surface area contributed by atoms with Gasteiger partial charge in [0.2, 0.25) is 5.91 Å². The van der Waals surface area contributed by atoms with Gasteiger partial charge in [-0.05, 0) is 25.7 Å². The normalized spacial score (nSPS) is 29.5. The number of hydrogen-bond donors (Lipinski definition) is 1. The van der Waals surface area contributed by atoms with Crippen LogP contribution in [0.25, 0.3) is 0 Å². The maximum atomic E-state index is 11.9. The predicted octanol–water partition coefficient (Wildman–Crippen LogP) is 1.70. The van der Waals surface area contributed by atoms with E-state index in [1.165, 1.54) is 0 Å². The maximum Gasteiger partial charge on any atom is 0.411 e. The van der Waals surface area contributed by atoms with E-state index in [4.69, 9.17) is 0 Å². The summed E-state index contributed by atoms with van der Waals surface area (Å²) in [6.45, 7) is -1.47. The quantitative estimate of drug-likeness (QED) is 0.785. The Hall–Kier alpha value is -0.820. The number of halogens is 3. The second-order valence-corrected chi connectivity index (χ2v) is 5.69. The Morgan fingerprint density at radius 3 is 2.45 bits per heavy atom. The smallest absolute Gasteiger partial charge is 0.372 e. The molecule has 2 aliphatic heterocycles. The molecule has 2 fully saturated rings. The molecule has 2 aliphatic rings. The van der Waals surface area contributed by atoms with Crippen LogP contribution in [-0.4, -0.2) is 55.4 Å². The third kappa shape index (κ3) is 4.34. The lowest BCUT2D eigenvalue weighted by molar-refractivity contribution is -0.175. The van der Waals surface area contributed by atoms with Gasteiger partial charge in [-0.2, -0.15) is 13.2 Å². The predicted molar refractivity (Wildman–Crippen MR) is 67.2 cm³/mol. The zero-order valence-corrected chi connectivity index (χ0v) is 11.6. The number of carbonyl (C=O) groups excluding carboxylic acids is 1. The largest absolute Gasteiger partial charge is 0.411 e. The third-order valence-electron chi connectivity index (χ3n) is 4.12. The number of ether oxygens (including phenoxy) is 1. The van der Waals surface area contributed by atoms with Crippen LogP contribution >= 0.6 is 0 Å². The number of piperidine rings is 1. The highest BCUT2D eigenvalue weighted by Gasteiger charge is 2.36. The van der Waals surface area contributed by atoms with Crippen LogP contribution in [0.15, 0.2) is 0 Å². The second kappa shape index (κ2) is 6.30. The summed E-state index contributed by atoms with van der Waals surface area (Å²) in [5.74, 6) is -0.140. The average Bonchev–Trinajstić information content (AvgIpc) is 2.71. The number of carbonyl (C=O) groups is 1. The number of alkyl halides is 3. The van der Waals surface area contributed by atoms with Crippen molar-refractivity contribution in [2.24, 2.45) is 0 Å². The molecule has 0 radical (unpaired) electrons. The van der Waals surface area contributed by atoms with Gasteiger partial charge < -0.3 is 15.0 Å². The highest BCUT2D eigenvalue weighted by Crippen LogP contribution is 2.29. The lowest BCUT2D eigenvalue weighted by Crippen LogP contribution is -2.48. The fraction of sp³-hybridized carbons (Fsp3) is 0.923. The van der Waals surface area contributed by atoms with Gasteiger partial charge in [0, 0.05) is 25.2 Å². The van der Waals surface area contributed by atoms with Crippen molar-refractivity contribution >= 4 is 5.91 Å². The molecule has 2 atom stereocenters. The molecule has 0 aromatic heterocycles. The fourth-order valence-electron chi connectivity index (χ4n) is 3.07. The van der Waals surface area contributed by atoms with E-state index in [-0.39, 0.29) is 25.0 Å². The van der Waals surface area contributed by atoms with Gasteiger partial charge in [-0.15, -0.1) is 0 Å². The molecule has 2 unspecified atom stereocenters. The highest BCUT2D eigenvalue weighted by atomic mass is 19.4. The summed E-state index contributed by atoms with van der Waals surface area (Å²) in [7, 11) is 1.74. The molecule has 1 N–H and O–H groups in total. The molecule has 20 heavy (non-hydrogen) atoms. The van der Waals surface area contributed by atoms with Crippen molar-refractivity contribution in [2.75, 3.05) is 20.3 Å². The Bertz CT molecular complexity index is 337. The molecule has 1 amide bonds. The van der Waals surface area contributed by atoms with E-state index in [0.29, 0.717) is 12.1 Å². The summed E-state index contributed by atoms with van der Waals surface area (Å²) in [6.07, 6.45) is -0.158. The Morgan fingerprint density at radius 1 is 1.30 bits per heavy atom. The van der Waals surface area contributed by atoms with Crippen LogP contribution < -0.4 is 5.32 Å². The zero-order valence-electron chi connectivity index (χ0n) is 11.6. The molecule has 2 rings (SSSR count). The van der Waals surface area contributed by atoms with E-state index in [0.717, 1.165) is 25.7 Å². The van der Waals surface area contributed by atoms with Crippen molar-refractivity contribution in [3.05, 3.63) is 0 Å². The Kier molecular flexibility index (Phi) is 4.90. The van der Waals surface area contributed by atoms with Gasteiger partial charge in [-0.1, -0.05) is 0 Å². The molecule has 0 aliphatic carbocycles. The second-order valence-electron chi connectivity index (χ2n) is 5.69. The lowest BCUT2D eigenvalue weighted by Gasteiger charge is -2.35. The van der Waals surface area contributed by atoms with Crippen LogP contribution in [0.2, 0.25) is 0 Å². The molecule has 0 aromatic carbocycles. The molecule has 116 valence electrons. The summed E-state index contributed by atoms with van der Waals surface area (Å²) >= 11 is 0. The van der Waals surface area contributed by atoms with Crippen molar-refractivity contribution in [1.82, 2.24) is 10.2 Å². The third-order valence-corrected chi connectivity index (χ3v) is 4.12. The van der Waals surface area contributed by atoms with Gasteiger partial charge in [0.1, 0.15) is 6.61 Å². The molecule has 7 heteroatoms. The SMILES string of the molecule is CN(C(=O)CCOCC(F)(F)F)C1CC2CCC(C1)N2. The number of nitrogens with zero attached hydrogens (tertiary/aromatic N) is 1. The average molecular weight is 294 g/mol. The summed E-state index contributed by atoms with van der Waals surface area (Å²) in [5, 5.41) is 3.50. The maximum absolute atomic E-state index is 11.9. The van der Waals surface area contributed by atoms with E-state index in [1.807, 2.05) is 0 Å². The van der Waals surface area contributed by atoms with Crippen molar-refractivity contribution in [2.45, 2.75) is 56.4 Å². The number of nitrogens with one attached hydrogen (secondary N) is 1. The van der Waals surface area contributed by atoms with Crippen LogP contribution in [0.5, 0.6) is 0 Å². The van der Waals surface area contributed by atoms with Crippen LogP contribution in [0, 0.1) is 0 Å². The minimum atomic E-state index is -4.33. The lowest BCUT2D eigenvalue weighted by atomic mass is 9.98. The molecule has 2 bridgehead atoms. The number of rotatable bonds is 5. The topological polar surface area (TPSA) is 41.6 Å². The number of fused-ring (bicyclic) bond motifs is 2. The fourth-order valence-corrected chi connectivity index (χ4v) is 3.07. The minimum absolute atomic E-state index is 0.00580. The van der Waals surface area contributed by atoms with Crippen LogP contribution in [0.1, 0.15) is 32.1 Å². The van der Waals surface area contributed by atoms with E-state index >= 15 is 0 Å². The van der Waals surface area contributed by atoms with E-state index in [9.17, 15) is 18.0 Å². The molecule has 2 heterocycles. The van der Waals surface area contributed by atoms with Gasteiger partial charge in [-0.3, -0.25) is 4.79 Å². The van der Waals surface area contributed by atoms with Gasteiger partial charge in [0.25, 0.3) is 0 Å². The monoisotopic (exact) mass is 294 g/mol. The first-order valence-electron chi connectivity index (χ1n) is 7.01. The molecular formula is C13H21F3N2O2. The number of amides is 1. The standard InChI is InChI=1S/C13H21F3N2O2/c1-18(11-6-9-2-3-10(7-11)17-9)12(19)4-5-20-8-13(14,15)16/h9-11,17H,2-8H2,1H3. The Balaban J connectivity index is 1.69. The van der Waals surface area contributed by atoms with Crippen LogP contribution in [0.3, 0.4) is 0 Å². The molecular weight excluding hydrogens is 273 g/mol. The Morgan fingerprint density at radius 2 is 1.90 bits per heavy atom. The van der Waals surface area contributed by atoms with Gasteiger partial charge in [0.05, 0.1) is 13.0 Å². The summed E-state index contributed by atoms with van der Waals surface area (Å²) in [5.41, 5.74) is 0. The summed E-state index contributed by atoms with van der Waals surface area (Å²) in [4.78, 5) is 13.6. The van der Waals surface area contributed by atoms with Crippen molar-refractivity contribution in [3.8, 4) is 0 Å². The van der Waals surface area contributed by atoms with E-state index < -0.39 is 12.8 Å². The molecule has 4 nitrogen and oxygen atoms in total. The first-order chi connectivity index (χ1) is 9.35. The van der Waals surface area contributed by atoms with Crippen LogP contribution in [-0.2, 0) is 9.53 Å². The highest BCUT2D eigenvalue weighted by molar-refractivity contribution is 5.76. The molecule has 2 saturated heterocycles. The molecule has 0 spiro atoms.